The van der Waals surface area contributed by atoms with Gasteiger partial charge in [-0.1, -0.05) is 32.8 Å². The van der Waals surface area contributed by atoms with E-state index < -0.39 is 0 Å². The van der Waals surface area contributed by atoms with Gasteiger partial charge in [-0.25, -0.2) is 0 Å². The van der Waals surface area contributed by atoms with Crippen molar-refractivity contribution in [3.63, 3.8) is 0 Å². The number of hydrogen-bond acceptors (Lipinski definition) is 3. The summed E-state index contributed by atoms with van der Waals surface area (Å²) >= 11 is 0. The Kier molecular flexibility index (Phi) is 4.27. The summed E-state index contributed by atoms with van der Waals surface area (Å²) in [6, 6.07) is 10.3. The standard InChI is InChI=1S/C26H27N3O/c1-5-16-7-8-18-21(13-16)28-25-23(18)24(30)19-14-17(6-2)22(15-20(19)26(25,3)4)29-11-9-27-10-12-29/h1,7-8,13-15,27-28H,6,9-12H2,2-4H3. The van der Waals surface area contributed by atoms with Gasteiger partial charge in [-0.3, -0.25) is 4.79 Å². The third-order valence-corrected chi connectivity index (χ3v) is 6.79. The SMILES string of the molecule is C#Cc1ccc2c3c([nH]c2c1)C(C)(C)c1cc(N2CCNCC2)c(CC)cc1C3=O. The number of aromatic amines is 1. The number of rotatable bonds is 2. The number of fused-ring (bicyclic) bond motifs is 4. The number of ketones is 1. The first-order chi connectivity index (χ1) is 14.5. The summed E-state index contributed by atoms with van der Waals surface area (Å²) in [6.07, 6.45) is 6.50. The molecule has 2 aromatic carbocycles. The average Bonchev–Trinajstić information content (AvgIpc) is 3.17. The molecule has 2 aliphatic rings. The fourth-order valence-corrected chi connectivity index (χ4v) is 5.08. The molecule has 3 aromatic rings. The van der Waals surface area contributed by atoms with Gasteiger partial charge in [0.15, 0.2) is 5.78 Å². The lowest BCUT2D eigenvalue weighted by Crippen LogP contribution is -2.44. The number of terminal acetylenes is 1. The molecule has 0 atom stereocenters. The van der Waals surface area contributed by atoms with Crippen molar-refractivity contribution in [1.29, 1.82) is 0 Å². The van der Waals surface area contributed by atoms with Crippen LogP contribution in [0.4, 0.5) is 5.69 Å². The molecule has 1 saturated heterocycles. The number of carbonyl (C=O) groups is 1. The molecule has 1 aliphatic carbocycles. The van der Waals surface area contributed by atoms with Gasteiger partial charge in [0.1, 0.15) is 0 Å². The van der Waals surface area contributed by atoms with Crippen LogP contribution < -0.4 is 10.2 Å². The molecule has 4 nitrogen and oxygen atoms in total. The number of anilines is 1. The van der Waals surface area contributed by atoms with Gasteiger partial charge in [-0.2, -0.15) is 0 Å². The van der Waals surface area contributed by atoms with Crippen molar-refractivity contribution >= 4 is 22.4 Å². The molecule has 0 unspecified atom stereocenters. The van der Waals surface area contributed by atoms with E-state index >= 15 is 0 Å². The molecule has 30 heavy (non-hydrogen) atoms. The minimum absolute atomic E-state index is 0.112. The lowest BCUT2D eigenvalue weighted by Gasteiger charge is -2.36. The van der Waals surface area contributed by atoms with Crippen molar-refractivity contribution in [2.24, 2.45) is 0 Å². The third-order valence-electron chi connectivity index (χ3n) is 6.79. The predicted octanol–water partition coefficient (Wildman–Crippen LogP) is 3.99. The highest BCUT2D eigenvalue weighted by Gasteiger charge is 2.40. The van der Waals surface area contributed by atoms with Crippen molar-refractivity contribution in [2.45, 2.75) is 32.6 Å². The van der Waals surface area contributed by atoms with Gasteiger partial charge in [0, 0.05) is 65.0 Å². The molecule has 1 fully saturated rings. The Morgan fingerprint density at radius 1 is 1.17 bits per heavy atom. The van der Waals surface area contributed by atoms with Gasteiger partial charge in [-0.15, -0.1) is 6.42 Å². The van der Waals surface area contributed by atoms with Crippen molar-refractivity contribution in [3.05, 3.63) is 63.8 Å². The lowest BCUT2D eigenvalue weighted by molar-refractivity contribution is 0.103. The summed E-state index contributed by atoms with van der Waals surface area (Å²) < 4.78 is 0. The highest BCUT2D eigenvalue weighted by atomic mass is 16.1. The molecule has 1 aliphatic heterocycles. The van der Waals surface area contributed by atoms with Crippen molar-refractivity contribution in [3.8, 4) is 12.3 Å². The molecule has 0 saturated carbocycles. The number of benzene rings is 2. The molecule has 2 N–H and O–H groups in total. The Morgan fingerprint density at radius 3 is 2.63 bits per heavy atom. The van der Waals surface area contributed by atoms with Crippen LogP contribution in [0.1, 0.15) is 59.1 Å². The van der Waals surface area contributed by atoms with Crippen molar-refractivity contribution < 1.29 is 4.79 Å². The minimum atomic E-state index is -0.303. The molecule has 4 heteroatoms. The van der Waals surface area contributed by atoms with E-state index in [0.717, 1.165) is 71.5 Å². The second-order valence-electron chi connectivity index (χ2n) is 8.85. The molecule has 0 spiro atoms. The maximum Gasteiger partial charge on any atom is 0.195 e. The summed E-state index contributed by atoms with van der Waals surface area (Å²) in [6.45, 7) is 10.6. The summed E-state index contributed by atoms with van der Waals surface area (Å²) in [5.41, 5.74) is 7.69. The number of aryl methyl sites for hydroxylation is 1. The topological polar surface area (TPSA) is 48.1 Å². The van der Waals surface area contributed by atoms with Crippen LogP contribution in [-0.2, 0) is 11.8 Å². The Morgan fingerprint density at radius 2 is 1.93 bits per heavy atom. The second kappa shape index (κ2) is 6.75. The zero-order chi connectivity index (χ0) is 21.0. The fraction of sp³-hybridized carbons (Fsp3) is 0.346. The summed E-state index contributed by atoms with van der Waals surface area (Å²) in [4.78, 5) is 19.7. The number of hydrogen-bond donors (Lipinski definition) is 2. The molecule has 1 aromatic heterocycles. The van der Waals surface area contributed by atoms with Crippen molar-refractivity contribution in [2.75, 3.05) is 31.1 Å². The van der Waals surface area contributed by atoms with Gasteiger partial charge in [0.2, 0.25) is 0 Å². The lowest BCUT2D eigenvalue weighted by atomic mass is 9.70. The van der Waals surface area contributed by atoms with Crippen molar-refractivity contribution in [1.82, 2.24) is 10.3 Å². The largest absolute Gasteiger partial charge is 0.369 e. The van der Waals surface area contributed by atoms with Crippen LogP contribution in [0.15, 0.2) is 30.3 Å². The summed E-state index contributed by atoms with van der Waals surface area (Å²) in [7, 11) is 0. The second-order valence-corrected chi connectivity index (χ2v) is 8.85. The first-order valence-electron chi connectivity index (χ1n) is 10.8. The maximum atomic E-state index is 13.7. The van der Waals surface area contributed by atoms with Crippen LogP contribution in [0.5, 0.6) is 0 Å². The van der Waals surface area contributed by atoms with Crippen LogP contribution in [0.3, 0.4) is 0 Å². The highest BCUT2D eigenvalue weighted by Crippen LogP contribution is 2.45. The molecule has 0 radical (unpaired) electrons. The van der Waals surface area contributed by atoms with E-state index in [0.29, 0.717) is 0 Å². The van der Waals surface area contributed by atoms with E-state index in [1.165, 1.54) is 11.3 Å². The Hall–Kier alpha value is -3.03. The zero-order valence-corrected chi connectivity index (χ0v) is 17.9. The van der Waals surface area contributed by atoms with Crippen LogP contribution in [0, 0.1) is 12.3 Å². The summed E-state index contributed by atoms with van der Waals surface area (Å²) in [5.74, 6) is 2.80. The number of H-pyrrole nitrogens is 1. The first kappa shape index (κ1) is 19.0. The van der Waals surface area contributed by atoms with Crippen LogP contribution in [-0.4, -0.2) is 36.9 Å². The third kappa shape index (κ3) is 2.62. The quantitative estimate of drug-likeness (QED) is 0.643. The predicted molar refractivity (Wildman–Crippen MR) is 123 cm³/mol. The van der Waals surface area contributed by atoms with Gasteiger partial charge < -0.3 is 15.2 Å². The number of nitrogens with one attached hydrogen (secondary N) is 2. The minimum Gasteiger partial charge on any atom is -0.369 e. The van der Waals surface area contributed by atoms with E-state index in [9.17, 15) is 4.79 Å². The van der Waals surface area contributed by atoms with Crippen LogP contribution in [0.2, 0.25) is 0 Å². The fourth-order valence-electron chi connectivity index (χ4n) is 5.08. The van der Waals surface area contributed by atoms with E-state index in [1.54, 1.807) is 0 Å². The Bertz CT molecular complexity index is 1220. The van der Waals surface area contributed by atoms with Crippen LogP contribution in [0.25, 0.3) is 10.9 Å². The van der Waals surface area contributed by atoms with Gasteiger partial charge in [0.25, 0.3) is 0 Å². The van der Waals surface area contributed by atoms with E-state index in [4.69, 9.17) is 6.42 Å². The van der Waals surface area contributed by atoms with Gasteiger partial charge >= 0.3 is 0 Å². The molecule has 2 heterocycles. The zero-order valence-electron chi connectivity index (χ0n) is 17.9. The molecule has 0 amide bonds. The normalized spacial score (nSPS) is 17.5. The first-order valence-corrected chi connectivity index (χ1v) is 10.8. The number of piperazine rings is 1. The van der Waals surface area contributed by atoms with Crippen LogP contribution >= 0.6 is 0 Å². The average molecular weight is 398 g/mol. The number of aromatic nitrogens is 1. The number of nitrogens with zero attached hydrogens (tertiary/aromatic N) is 1. The molecule has 0 bridgehead atoms. The van der Waals surface area contributed by atoms with E-state index in [-0.39, 0.29) is 11.2 Å². The number of carbonyl (C=O) groups excluding carboxylic acids is 1. The maximum absolute atomic E-state index is 13.7. The van der Waals surface area contributed by atoms with E-state index in [2.05, 4.69) is 54.0 Å². The molecule has 5 rings (SSSR count). The summed E-state index contributed by atoms with van der Waals surface area (Å²) in [5, 5.41) is 4.39. The molecular weight excluding hydrogens is 370 g/mol. The van der Waals surface area contributed by atoms with Gasteiger partial charge in [-0.05, 0) is 41.8 Å². The smallest absolute Gasteiger partial charge is 0.195 e. The molecular formula is C26H27N3O. The molecule has 152 valence electrons. The van der Waals surface area contributed by atoms with E-state index in [1.807, 2.05) is 18.2 Å². The monoisotopic (exact) mass is 397 g/mol. The highest BCUT2D eigenvalue weighted by molar-refractivity contribution is 6.20. The Labute approximate surface area is 177 Å². The Balaban J connectivity index is 1.73. The van der Waals surface area contributed by atoms with Gasteiger partial charge in [0.05, 0.1) is 5.56 Å².